The first-order chi connectivity index (χ1) is 12.7. The highest BCUT2D eigenvalue weighted by molar-refractivity contribution is 14.1. The average molecular weight is 529 g/mol. The van der Waals surface area contributed by atoms with Gasteiger partial charge in [-0.1, -0.05) is 4.47 Å². The van der Waals surface area contributed by atoms with Crippen LogP contribution in [-0.2, 0) is 32.9 Å². The lowest BCUT2D eigenvalue weighted by atomic mass is 10.1. The van der Waals surface area contributed by atoms with E-state index in [1.54, 1.807) is 6.07 Å². The van der Waals surface area contributed by atoms with Gasteiger partial charge in [-0.05, 0) is 37.5 Å². The fourth-order valence-electron chi connectivity index (χ4n) is 3.31. The zero-order valence-electron chi connectivity index (χ0n) is 14.0. The van der Waals surface area contributed by atoms with Gasteiger partial charge in [-0.15, -0.1) is 0 Å². The molecule has 2 unspecified atom stereocenters. The molecule has 0 aromatic heterocycles. The van der Waals surface area contributed by atoms with E-state index in [9.17, 15) is 22.7 Å². The number of anilines is 2. The largest absolute Gasteiger partial charge is 0.312 e. The van der Waals surface area contributed by atoms with Crippen molar-refractivity contribution in [2.75, 3.05) is 22.9 Å². The van der Waals surface area contributed by atoms with Crippen LogP contribution in [0.2, 0.25) is 0 Å². The third-order valence-electron chi connectivity index (χ3n) is 4.58. The molecule has 0 bridgehead atoms. The first-order valence-corrected chi connectivity index (χ1v) is 11.5. The smallest absolute Gasteiger partial charge is 0.248 e. The van der Waals surface area contributed by atoms with Crippen molar-refractivity contribution in [3.8, 4) is 0 Å². The Morgan fingerprint density at radius 3 is 2.63 bits per heavy atom. The molecule has 2 fully saturated rings. The summed E-state index contributed by atoms with van der Waals surface area (Å²) in [5.41, 5.74) is 0.489. The molecule has 0 radical (unpaired) electrons. The highest BCUT2D eigenvalue weighted by atomic mass is 127. The Hall–Kier alpha value is -0.930. The number of benzene rings is 1. The zero-order chi connectivity index (χ0) is 19.8. The molecule has 2 aliphatic rings. The summed E-state index contributed by atoms with van der Waals surface area (Å²) >= 11 is 5.85. The number of hydroxylamine groups is 1. The molecule has 8 nitrogen and oxygen atoms in total. The molecule has 0 spiro atoms. The number of amides is 2. The SMILES string of the molecule is O=C1CCCCN1c1ccc(N2CCC(N(OI)S(=O)(O)=S)C2=O)c(F)c1. The van der Waals surface area contributed by atoms with Crippen LogP contribution in [0.1, 0.15) is 25.7 Å². The summed E-state index contributed by atoms with van der Waals surface area (Å²) in [5, 5.41) is 0. The van der Waals surface area contributed by atoms with E-state index >= 15 is 0 Å². The van der Waals surface area contributed by atoms with Gasteiger partial charge >= 0.3 is 0 Å². The van der Waals surface area contributed by atoms with E-state index in [0.717, 1.165) is 12.8 Å². The Kier molecular flexibility index (Phi) is 6.32. The molecule has 2 amide bonds. The summed E-state index contributed by atoms with van der Waals surface area (Å²) in [7, 11) is -3.92. The van der Waals surface area contributed by atoms with Gasteiger partial charge in [-0.25, -0.2) is 11.8 Å². The molecule has 1 N–H and O–H groups in total. The van der Waals surface area contributed by atoms with Gasteiger partial charge in [0.2, 0.25) is 20.8 Å². The van der Waals surface area contributed by atoms with E-state index in [-0.39, 0.29) is 24.6 Å². The highest BCUT2D eigenvalue weighted by Gasteiger charge is 2.42. The molecule has 12 heteroatoms. The zero-order valence-corrected chi connectivity index (χ0v) is 17.8. The van der Waals surface area contributed by atoms with Crippen LogP contribution >= 0.6 is 23.0 Å². The van der Waals surface area contributed by atoms with Crippen molar-refractivity contribution in [1.29, 1.82) is 0 Å². The Balaban J connectivity index is 1.83. The van der Waals surface area contributed by atoms with Crippen molar-refractivity contribution in [2.24, 2.45) is 0 Å². The highest BCUT2D eigenvalue weighted by Crippen LogP contribution is 2.31. The van der Waals surface area contributed by atoms with Crippen LogP contribution in [-0.4, -0.2) is 44.2 Å². The molecule has 27 heavy (non-hydrogen) atoms. The van der Waals surface area contributed by atoms with Crippen LogP contribution < -0.4 is 9.80 Å². The second-order valence-electron chi connectivity index (χ2n) is 6.23. The lowest BCUT2D eigenvalue weighted by Gasteiger charge is -2.27. The molecule has 2 heterocycles. The van der Waals surface area contributed by atoms with Gasteiger partial charge in [0.05, 0.1) is 5.69 Å². The number of rotatable bonds is 5. The van der Waals surface area contributed by atoms with Gasteiger partial charge in [0, 0.05) is 36.4 Å². The molecule has 148 valence electrons. The maximum atomic E-state index is 14.7. The lowest BCUT2D eigenvalue weighted by molar-refractivity contribution is -0.124. The first kappa shape index (κ1) is 20.8. The van der Waals surface area contributed by atoms with Crippen molar-refractivity contribution in [1.82, 2.24) is 4.47 Å². The minimum Gasteiger partial charge on any atom is -0.312 e. The van der Waals surface area contributed by atoms with Gasteiger partial charge < -0.3 is 9.80 Å². The second kappa shape index (κ2) is 8.21. The molecule has 1 aromatic carbocycles. The molecule has 2 aliphatic heterocycles. The standard InChI is InChI=1S/C15H17FIN3O5S2/c16-11-9-10(18-7-2-1-3-14(18)21)4-5-12(11)19-8-6-13(15(19)22)20(25-17)27(23,24)26/h4-5,9,13H,1-3,6-8H2,(H,23,24,26). The topological polar surface area (TPSA) is 90.4 Å². The summed E-state index contributed by atoms with van der Waals surface area (Å²) in [6.45, 7) is 0.678. The van der Waals surface area contributed by atoms with Crippen LogP contribution in [0, 0.1) is 5.82 Å². The van der Waals surface area contributed by atoms with Gasteiger partial charge in [0.25, 0.3) is 0 Å². The molecule has 2 saturated heterocycles. The van der Waals surface area contributed by atoms with Crippen LogP contribution in [0.15, 0.2) is 18.2 Å². The van der Waals surface area contributed by atoms with Gasteiger partial charge in [-0.3, -0.25) is 14.1 Å². The third-order valence-corrected chi connectivity index (χ3v) is 6.50. The molecular formula is C15H17FIN3O5S2. The Morgan fingerprint density at radius 1 is 1.30 bits per heavy atom. The number of piperidine rings is 1. The lowest BCUT2D eigenvalue weighted by Crippen LogP contribution is -2.43. The first-order valence-electron chi connectivity index (χ1n) is 8.21. The van der Waals surface area contributed by atoms with E-state index < -0.39 is 26.7 Å². The predicted molar refractivity (Wildman–Crippen MR) is 108 cm³/mol. The van der Waals surface area contributed by atoms with E-state index in [4.69, 9.17) is 3.17 Å². The van der Waals surface area contributed by atoms with Gasteiger partial charge in [0.15, 0.2) is 0 Å². The number of nitrogens with zero attached hydrogens (tertiary/aromatic N) is 3. The van der Waals surface area contributed by atoms with E-state index in [0.29, 0.717) is 23.1 Å². The monoisotopic (exact) mass is 529 g/mol. The molecule has 2 atom stereocenters. The van der Waals surface area contributed by atoms with E-state index in [1.807, 2.05) is 0 Å². The van der Waals surface area contributed by atoms with Crippen molar-refractivity contribution >= 4 is 66.3 Å². The maximum absolute atomic E-state index is 14.7. The maximum Gasteiger partial charge on any atom is 0.248 e. The van der Waals surface area contributed by atoms with Crippen molar-refractivity contribution < 1.29 is 25.9 Å². The second-order valence-corrected chi connectivity index (χ2v) is 9.19. The molecule has 0 saturated carbocycles. The fourth-order valence-corrected chi connectivity index (χ4v) is 5.55. The molecular weight excluding hydrogens is 512 g/mol. The summed E-state index contributed by atoms with van der Waals surface area (Å²) < 4.78 is 41.3. The fraction of sp³-hybridized carbons (Fsp3) is 0.467. The predicted octanol–water partition coefficient (Wildman–Crippen LogP) is 2.17. The molecule has 1 aromatic rings. The number of hydrogen-bond acceptors (Lipinski definition) is 5. The summed E-state index contributed by atoms with van der Waals surface area (Å²) in [6.07, 6.45) is 2.27. The van der Waals surface area contributed by atoms with E-state index in [1.165, 1.54) is 44.9 Å². The quantitative estimate of drug-likeness (QED) is 0.465. The molecule has 3 rings (SSSR count). The number of halogens is 2. The molecule has 0 aliphatic carbocycles. The minimum absolute atomic E-state index is 0.0397. The third kappa shape index (κ3) is 4.24. The summed E-state index contributed by atoms with van der Waals surface area (Å²) in [4.78, 5) is 27.4. The van der Waals surface area contributed by atoms with Crippen molar-refractivity contribution in [3.05, 3.63) is 24.0 Å². The Morgan fingerprint density at radius 2 is 2.04 bits per heavy atom. The normalized spacial score (nSPS) is 23.2. The summed E-state index contributed by atoms with van der Waals surface area (Å²) in [5.74, 6) is -1.28. The minimum atomic E-state index is -3.92. The van der Waals surface area contributed by atoms with Crippen LogP contribution in [0.5, 0.6) is 0 Å². The van der Waals surface area contributed by atoms with Crippen molar-refractivity contribution in [3.63, 3.8) is 0 Å². The van der Waals surface area contributed by atoms with Gasteiger partial charge in [0.1, 0.15) is 34.9 Å². The van der Waals surface area contributed by atoms with Gasteiger partial charge in [-0.2, -0.15) is 0 Å². The number of carbonyl (C=O) groups excluding carboxylic acids is 2. The summed E-state index contributed by atoms with van der Waals surface area (Å²) in [6, 6.07) is 3.18. The van der Waals surface area contributed by atoms with Crippen LogP contribution in [0.25, 0.3) is 0 Å². The van der Waals surface area contributed by atoms with Crippen LogP contribution in [0.4, 0.5) is 15.8 Å². The average Bonchev–Trinajstić information content (AvgIpc) is 2.96. The Bertz CT molecular complexity index is 869. The van der Waals surface area contributed by atoms with Crippen molar-refractivity contribution in [2.45, 2.75) is 31.7 Å². The van der Waals surface area contributed by atoms with E-state index in [2.05, 4.69) is 11.2 Å². The Labute approximate surface area is 174 Å². The number of hydrogen-bond donors (Lipinski definition) is 1. The number of carbonyl (C=O) groups is 2. The van der Waals surface area contributed by atoms with Crippen LogP contribution in [0.3, 0.4) is 0 Å².